The first kappa shape index (κ1) is 15.4. The molecule has 1 aromatic rings. The number of hydrogen-bond donors (Lipinski definition) is 1. The predicted molar refractivity (Wildman–Crippen MR) is 81.6 cm³/mol. The van der Waals surface area contributed by atoms with Crippen LogP contribution in [0.3, 0.4) is 0 Å². The normalized spacial score (nSPS) is 29.9. The highest BCUT2D eigenvalue weighted by Gasteiger charge is 2.36. The van der Waals surface area contributed by atoms with Crippen molar-refractivity contribution in [2.24, 2.45) is 0 Å². The van der Waals surface area contributed by atoms with Gasteiger partial charge in [0.05, 0.1) is 30.3 Å². The smallest absolute Gasteiger partial charge is 0.241 e. The average Bonchev–Trinajstić information content (AvgIpc) is 2.47. The van der Waals surface area contributed by atoms with Gasteiger partial charge in [-0.3, -0.25) is 0 Å². The molecule has 1 N–H and O–H groups in total. The van der Waals surface area contributed by atoms with Crippen molar-refractivity contribution in [3.8, 4) is 0 Å². The third-order valence-electron chi connectivity index (χ3n) is 3.93. The van der Waals surface area contributed by atoms with Gasteiger partial charge in [0.1, 0.15) is 0 Å². The molecule has 0 spiro atoms. The van der Waals surface area contributed by atoms with Gasteiger partial charge in [0, 0.05) is 10.5 Å². The van der Waals surface area contributed by atoms with Crippen LogP contribution in [0, 0.1) is 0 Å². The second-order valence-electron chi connectivity index (χ2n) is 5.38. The van der Waals surface area contributed by atoms with Gasteiger partial charge in [-0.05, 0) is 47.3 Å². The Morgan fingerprint density at radius 2 is 1.81 bits per heavy atom. The molecular weight excluding hydrogens is 358 g/mol. The number of fused-ring (bicyclic) bond motifs is 1. The van der Waals surface area contributed by atoms with Crippen molar-refractivity contribution in [3.63, 3.8) is 0 Å². The largest absolute Gasteiger partial charge is 0.373 e. The number of hydrogen-bond acceptors (Lipinski definition) is 4. The fourth-order valence-electron chi connectivity index (χ4n) is 2.92. The Labute approximate surface area is 133 Å². The Morgan fingerprint density at radius 3 is 2.57 bits per heavy atom. The van der Waals surface area contributed by atoms with Crippen LogP contribution < -0.4 is 4.72 Å². The van der Waals surface area contributed by atoms with Crippen LogP contribution in [0.15, 0.2) is 33.6 Å². The van der Waals surface area contributed by atoms with Crippen molar-refractivity contribution in [2.75, 3.05) is 13.2 Å². The molecule has 3 rings (SSSR count). The molecule has 0 unspecified atom stereocenters. The fraction of sp³-hybridized carbons (Fsp3) is 0.571. The molecule has 116 valence electrons. The van der Waals surface area contributed by atoms with Gasteiger partial charge in [0.2, 0.25) is 10.0 Å². The van der Waals surface area contributed by atoms with Crippen molar-refractivity contribution in [2.45, 2.75) is 42.4 Å². The molecule has 3 atom stereocenters. The molecule has 0 bridgehead atoms. The molecule has 1 aromatic carbocycles. The number of rotatable bonds is 3. The predicted octanol–water partition coefficient (Wildman–Crippen LogP) is 2.06. The van der Waals surface area contributed by atoms with E-state index in [0.717, 1.165) is 12.8 Å². The highest BCUT2D eigenvalue weighted by atomic mass is 79.9. The number of sulfonamides is 1. The molecule has 0 aromatic heterocycles. The standard InChI is InChI=1S/C14H18BrNO4S/c15-11-3-1-2-4-14(11)21(17,18)16-10-5-6-12-13(9-10)20-8-7-19-12/h1-4,10,12-13,16H,5-9H2/t10-,12+,13-/m1/s1. The zero-order valence-corrected chi connectivity index (χ0v) is 13.9. The van der Waals surface area contributed by atoms with E-state index in [4.69, 9.17) is 9.47 Å². The quantitative estimate of drug-likeness (QED) is 0.877. The van der Waals surface area contributed by atoms with Crippen LogP contribution in [0.4, 0.5) is 0 Å². The summed E-state index contributed by atoms with van der Waals surface area (Å²) in [5, 5.41) is 0. The van der Waals surface area contributed by atoms with Crippen molar-refractivity contribution in [1.29, 1.82) is 0 Å². The molecule has 1 saturated carbocycles. The lowest BCUT2D eigenvalue weighted by atomic mass is 9.90. The Morgan fingerprint density at radius 1 is 1.10 bits per heavy atom. The zero-order valence-electron chi connectivity index (χ0n) is 11.5. The topological polar surface area (TPSA) is 64.6 Å². The summed E-state index contributed by atoms with van der Waals surface area (Å²) in [6.45, 7) is 1.22. The van der Waals surface area contributed by atoms with E-state index in [0.29, 0.717) is 24.1 Å². The minimum absolute atomic E-state index is 0.000543. The summed E-state index contributed by atoms with van der Waals surface area (Å²) in [7, 11) is -3.52. The van der Waals surface area contributed by atoms with Crippen LogP contribution >= 0.6 is 15.9 Å². The van der Waals surface area contributed by atoms with Crippen molar-refractivity contribution >= 4 is 26.0 Å². The van der Waals surface area contributed by atoms with Gasteiger partial charge in [-0.2, -0.15) is 0 Å². The lowest BCUT2D eigenvalue weighted by Crippen LogP contribution is -2.49. The molecule has 1 aliphatic heterocycles. The van der Waals surface area contributed by atoms with Crippen LogP contribution in [0.2, 0.25) is 0 Å². The minimum atomic E-state index is -3.52. The molecule has 1 saturated heterocycles. The maximum absolute atomic E-state index is 12.5. The summed E-state index contributed by atoms with van der Waals surface area (Å²) in [5.41, 5.74) is 0. The van der Waals surface area contributed by atoms with E-state index in [9.17, 15) is 8.42 Å². The van der Waals surface area contributed by atoms with Gasteiger partial charge in [-0.25, -0.2) is 13.1 Å². The number of ether oxygens (including phenoxy) is 2. The van der Waals surface area contributed by atoms with Crippen LogP contribution in [-0.2, 0) is 19.5 Å². The molecule has 1 heterocycles. The zero-order chi connectivity index (χ0) is 14.9. The minimum Gasteiger partial charge on any atom is -0.373 e. The van der Waals surface area contributed by atoms with E-state index in [1.165, 1.54) is 0 Å². The van der Waals surface area contributed by atoms with Crippen LogP contribution in [-0.4, -0.2) is 39.9 Å². The lowest BCUT2D eigenvalue weighted by molar-refractivity contribution is -0.156. The first-order chi connectivity index (χ1) is 10.1. The first-order valence-corrected chi connectivity index (χ1v) is 9.34. The van der Waals surface area contributed by atoms with Gasteiger partial charge in [-0.1, -0.05) is 12.1 Å². The molecular formula is C14H18BrNO4S. The summed E-state index contributed by atoms with van der Waals surface area (Å²) < 4.78 is 39.6. The second kappa shape index (κ2) is 6.34. The Balaban J connectivity index is 1.70. The highest BCUT2D eigenvalue weighted by Crippen LogP contribution is 2.28. The Bertz CT molecular complexity index is 607. The summed E-state index contributed by atoms with van der Waals surface area (Å²) in [4.78, 5) is 0.271. The van der Waals surface area contributed by atoms with E-state index in [1.54, 1.807) is 24.3 Å². The monoisotopic (exact) mass is 375 g/mol. The van der Waals surface area contributed by atoms with E-state index in [1.807, 2.05) is 0 Å². The molecule has 0 amide bonds. The third kappa shape index (κ3) is 3.48. The van der Waals surface area contributed by atoms with Crippen molar-refractivity contribution in [3.05, 3.63) is 28.7 Å². The lowest BCUT2D eigenvalue weighted by Gasteiger charge is -2.38. The summed E-state index contributed by atoms with van der Waals surface area (Å²) in [6.07, 6.45) is 2.37. The van der Waals surface area contributed by atoms with Crippen LogP contribution in [0.1, 0.15) is 19.3 Å². The van der Waals surface area contributed by atoms with Gasteiger partial charge in [0.25, 0.3) is 0 Å². The summed E-state index contributed by atoms with van der Waals surface area (Å²) >= 11 is 3.29. The average molecular weight is 376 g/mol. The van der Waals surface area contributed by atoms with E-state index in [-0.39, 0.29) is 23.1 Å². The van der Waals surface area contributed by atoms with E-state index < -0.39 is 10.0 Å². The maximum atomic E-state index is 12.5. The fourth-order valence-corrected chi connectivity index (χ4v) is 5.21. The third-order valence-corrected chi connectivity index (χ3v) is 6.46. The van der Waals surface area contributed by atoms with Crippen LogP contribution in [0.5, 0.6) is 0 Å². The number of nitrogens with one attached hydrogen (secondary N) is 1. The van der Waals surface area contributed by atoms with Crippen molar-refractivity contribution < 1.29 is 17.9 Å². The number of benzene rings is 1. The van der Waals surface area contributed by atoms with Crippen LogP contribution in [0.25, 0.3) is 0 Å². The summed E-state index contributed by atoms with van der Waals surface area (Å²) in [5.74, 6) is 0. The Kier molecular flexibility index (Phi) is 4.66. The molecule has 21 heavy (non-hydrogen) atoms. The maximum Gasteiger partial charge on any atom is 0.241 e. The first-order valence-electron chi connectivity index (χ1n) is 7.06. The SMILES string of the molecule is O=S(=O)(N[C@@H]1CC[C@@H]2OCCO[C@@H]2C1)c1ccccc1Br. The van der Waals surface area contributed by atoms with Gasteiger partial charge < -0.3 is 9.47 Å². The molecule has 2 aliphatic rings. The Hall–Kier alpha value is -0.470. The number of halogens is 1. The van der Waals surface area contributed by atoms with Gasteiger partial charge in [-0.15, -0.1) is 0 Å². The van der Waals surface area contributed by atoms with Gasteiger partial charge in [0.15, 0.2) is 0 Å². The molecule has 1 aliphatic carbocycles. The highest BCUT2D eigenvalue weighted by molar-refractivity contribution is 9.10. The van der Waals surface area contributed by atoms with Gasteiger partial charge >= 0.3 is 0 Å². The molecule has 0 radical (unpaired) electrons. The second-order valence-corrected chi connectivity index (χ2v) is 7.92. The molecule has 7 heteroatoms. The van der Waals surface area contributed by atoms with E-state index >= 15 is 0 Å². The molecule has 2 fully saturated rings. The van der Waals surface area contributed by atoms with Crippen molar-refractivity contribution in [1.82, 2.24) is 4.72 Å². The van der Waals surface area contributed by atoms with E-state index in [2.05, 4.69) is 20.7 Å². The summed E-state index contributed by atoms with van der Waals surface area (Å²) in [6, 6.07) is 6.72. The molecule has 5 nitrogen and oxygen atoms in total.